The smallest absolute Gasteiger partial charge is 0.197 e. The summed E-state index contributed by atoms with van der Waals surface area (Å²) in [5.74, 6) is -6.38. The Morgan fingerprint density at radius 3 is 2.19 bits per heavy atom. The monoisotopic (exact) mass is 446 g/mol. The van der Waals surface area contributed by atoms with Crippen LogP contribution < -0.4 is 10.5 Å². The predicted octanol–water partition coefficient (Wildman–Crippen LogP) is 6.70. The van der Waals surface area contributed by atoms with Crippen LogP contribution in [0.2, 0.25) is 0 Å². The summed E-state index contributed by atoms with van der Waals surface area (Å²) >= 11 is 1.60. The zero-order valence-corrected chi connectivity index (χ0v) is 17.7. The minimum Gasteiger partial charge on any atom is -0.399 e. The summed E-state index contributed by atoms with van der Waals surface area (Å²) in [6.45, 7) is 3.52. The van der Waals surface area contributed by atoms with Gasteiger partial charge in [-0.1, -0.05) is 67.1 Å². The van der Waals surface area contributed by atoms with Gasteiger partial charge in [-0.25, -0.2) is 17.6 Å². The molecule has 0 amide bonds. The highest BCUT2D eigenvalue weighted by Crippen LogP contribution is 2.21. The Morgan fingerprint density at radius 2 is 1.61 bits per heavy atom. The van der Waals surface area contributed by atoms with E-state index in [-0.39, 0.29) is 12.0 Å². The predicted molar refractivity (Wildman–Crippen MR) is 121 cm³/mol. The summed E-state index contributed by atoms with van der Waals surface area (Å²) < 4.78 is 56.0. The molecule has 0 radical (unpaired) electrons. The zero-order chi connectivity index (χ0) is 22.8. The highest BCUT2D eigenvalue weighted by Gasteiger charge is 2.18. The van der Waals surface area contributed by atoms with Crippen LogP contribution in [0.5, 0.6) is 0 Å². The van der Waals surface area contributed by atoms with Crippen molar-refractivity contribution in [2.75, 3.05) is 11.0 Å². The molecule has 3 rings (SSSR count). The molecule has 0 unspecified atom stereocenters. The van der Waals surface area contributed by atoms with Crippen molar-refractivity contribution >= 4 is 23.7 Å². The molecule has 0 aliphatic rings. The van der Waals surface area contributed by atoms with Gasteiger partial charge in [-0.05, 0) is 41.0 Å². The van der Waals surface area contributed by atoms with Gasteiger partial charge in [0.15, 0.2) is 23.3 Å². The van der Waals surface area contributed by atoms with Gasteiger partial charge in [-0.15, -0.1) is 0 Å². The van der Waals surface area contributed by atoms with Crippen molar-refractivity contribution in [1.29, 1.82) is 0 Å². The van der Waals surface area contributed by atoms with Crippen LogP contribution in [-0.4, -0.2) is 6.26 Å². The summed E-state index contributed by atoms with van der Waals surface area (Å²) in [7, 11) is 0. The Labute approximate surface area is 183 Å². The maximum Gasteiger partial charge on any atom is 0.197 e. The molecule has 162 valence electrons. The van der Waals surface area contributed by atoms with Crippen LogP contribution in [0, 0.1) is 23.3 Å². The summed E-state index contributed by atoms with van der Waals surface area (Å²) in [6, 6.07) is 17.6. The van der Waals surface area contributed by atoms with E-state index >= 15 is 0 Å². The van der Waals surface area contributed by atoms with E-state index in [9.17, 15) is 17.6 Å². The quantitative estimate of drug-likeness (QED) is 0.146. The number of rotatable bonds is 6. The minimum atomic E-state index is -1.80. The van der Waals surface area contributed by atoms with Crippen LogP contribution in [-0.2, 0) is 6.42 Å². The lowest BCUT2D eigenvalue weighted by Gasteiger charge is -2.06. The van der Waals surface area contributed by atoms with Gasteiger partial charge in [-0.3, -0.25) is 0 Å². The van der Waals surface area contributed by atoms with Crippen molar-refractivity contribution in [2.45, 2.75) is 6.42 Å². The van der Waals surface area contributed by atoms with Crippen molar-refractivity contribution in [3.63, 3.8) is 0 Å². The molecule has 0 saturated heterocycles. The number of anilines is 1. The third-order valence-corrected chi connectivity index (χ3v) is 4.48. The van der Waals surface area contributed by atoms with E-state index in [1.165, 1.54) is 0 Å². The first-order valence-corrected chi connectivity index (χ1v) is 10.4. The second-order valence-corrected chi connectivity index (χ2v) is 7.07. The first-order valence-electron chi connectivity index (χ1n) is 9.19. The fourth-order valence-electron chi connectivity index (χ4n) is 2.54. The van der Waals surface area contributed by atoms with Gasteiger partial charge >= 0.3 is 0 Å². The third-order valence-electron chi connectivity index (χ3n) is 4.04. The van der Waals surface area contributed by atoms with Gasteiger partial charge in [0.1, 0.15) is 0 Å². The number of hydrogen-bond acceptors (Lipinski definition) is 3. The number of benzene rings is 3. The number of hydrogen-bond donors (Lipinski definition) is 2. The maximum absolute atomic E-state index is 13.6. The Morgan fingerprint density at radius 1 is 0.968 bits per heavy atom. The number of allylic oxidation sites excluding steroid dienone is 1. The lowest BCUT2D eigenvalue weighted by Crippen LogP contribution is -2.02. The third kappa shape index (κ3) is 7.53. The molecule has 0 fully saturated rings. The van der Waals surface area contributed by atoms with Gasteiger partial charge in [0, 0.05) is 24.1 Å². The molecule has 0 heterocycles. The molecule has 0 aliphatic carbocycles. The van der Waals surface area contributed by atoms with E-state index < -0.39 is 23.3 Å². The molecule has 0 aliphatic heterocycles. The fourth-order valence-corrected chi connectivity index (χ4v) is 2.92. The van der Waals surface area contributed by atoms with Crippen LogP contribution in [0.1, 0.15) is 16.7 Å². The molecular formula is C24H22F4N2S. The number of halogens is 4. The maximum atomic E-state index is 13.6. The Bertz CT molecular complexity index is 1040. The fraction of sp³-hybridized carbons (Fsp3) is 0.0833. The molecule has 0 atom stereocenters. The van der Waals surface area contributed by atoms with Crippen molar-refractivity contribution in [3.8, 4) is 0 Å². The van der Waals surface area contributed by atoms with Crippen molar-refractivity contribution in [3.05, 3.63) is 119 Å². The minimum absolute atomic E-state index is 0.0481. The molecule has 3 aromatic rings. The number of para-hydroxylation sites is 1. The lowest BCUT2D eigenvalue weighted by atomic mass is 10.0. The normalized spacial score (nSPS) is 10.5. The number of nitrogens with one attached hydrogen (secondary N) is 1. The van der Waals surface area contributed by atoms with Crippen LogP contribution >= 0.6 is 11.9 Å². The SMILES string of the molecule is C=C(N)/C=C/c1ccc(Cc2cc(F)c(F)c(F)c2F)cc1.CSNc1ccccc1. The van der Waals surface area contributed by atoms with Gasteiger partial charge in [-0.2, -0.15) is 0 Å². The number of nitrogens with two attached hydrogens (primary N) is 1. The zero-order valence-electron chi connectivity index (χ0n) is 16.8. The van der Waals surface area contributed by atoms with E-state index in [2.05, 4.69) is 11.3 Å². The Balaban J connectivity index is 0.000000316. The summed E-state index contributed by atoms with van der Waals surface area (Å²) in [5.41, 5.74) is 8.20. The highest BCUT2D eigenvalue weighted by molar-refractivity contribution is 7.99. The van der Waals surface area contributed by atoms with Crippen LogP contribution in [0.4, 0.5) is 23.2 Å². The Kier molecular flexibility index (Phi) is 9.21. The van der Waals surface area contributed by atoms with E-state index in [0.29, 0.717) is 17.3 Å². The van der Waals surface area contributed by atoms with Crippen LogP contribution in [0.25, 0.3) is 6.08 Å². The summed E-state index contributed by atoms with van der Waals surface area (Å²) in [5, 5.41) is 0. The molecule has 3 N–H and O–H groups in total. The van der Waals surface area contributed by atoms with Gasteiger partial charge in [0.2, 0.25) is 0 Å². The molecule has 0 aromatic heterocycles. The van der Waals surface area contributed by atoms with Gasteiger partial charge in [0.25, 0.3) is 0 Å². The van der Waals surface area contributed by atoms with Gasteiger partial charge in [0.05, 0.1) is 0 Å². The molecule has 0 spiro atoms. The molecular weight excluding hydrogens is 424 g/mol. The molecule has 3 aromatic carbocycles. The molecule has 7 heteroatoms. The van der Waals surface area contributed by atoms with Gasteiger partial charge < -0.3 is 10.5 Å². The van der Waals surface area contributed by atoms with E-state index in [0.717, 1.165) is 11.3 Å². The van der Waals surface area contributed by atoms with Crippen molar-refractivity contribution < 1.29 is 17.6 Å². The second-order valence-electron chi connectivity index (χ2n) is 6.46. The Hall–Kier alpha value is -3.19. The largest absolute Gasteiger partial charge is 0.399 e. The van der Waals surface area contributed by atoms with E-state index in [1.54, 1.807) is 48.4 Å². The van der Waals surface area contributed by atoms with Crippen molar-refractivity contribution in [1.82, 2.24) is 0 Å². The highest BCUT2D eigenvalue weighted by atomic mass is 32.2. The first kappa shape index (κ1) is 24.1. The average molecular weight is 447 g/mol. The lowest BCUT2D eigenvalue weighted by molar-refractivity contribution is 0.405. The van der Waals surface area contributed by atoms with E-state index in [1.807, 2.05) is 36.6 Å². The van der Waals surface area contributed by atoms with E-state index in [4.69, 9.17) is 5.73 Å². The topological polar surface area (TPSA) is 38.0 Å². The standard InChI is InChI=1S/C17H13F4N.C7H9NS/c1-10(22)2-3-11-4-6-12(7-5-11)8-13-9-14(18)16(20)17(21)15(13)19;1-9-8-7-5-3-2-4-6-7/h2-7,9H,1,8,22H2;2-6,8H,1H3/b3-2+;. The first-order chi connectivity index (χ1) is 14.8. The van der Waals surface area contributed by atoms with Crippen LogP contribution in [0.3, 0.4) is 0 Å². The van der Waals surface area contributed by atoms with Crippen molar-refractivity contribution in [2.24, 2.45) is 5.73 Å². The molecule has 31 heavy (non-hydrogen) atoms. The molecule has 2 nitrogen and oxygen atoms in total. The van der Waals surface area contributed by atoms with Crippen LogP contribution in [0.15, 0.2) is 79.0 Å². The molecule has 0 bridgehead atoms. The summed E-state index contributed by atoms with van der Waals surface area (Å²) in [6.07, 6.45) is 5.32. The molecule has 0 saturated carbocycles. The summed E-state index contributed by atoms with van der Waals surface area (Å²) in [4.78, 5) is 0. The average Bonchev–Trinajstić information content (AvgIpc) is 2.77. The second kappa shape index (κ2) is 11.9.